The molecule has 0 unspecified atom stereocenters. The predicted molar refractivity (Wildman–Crippen MR) is 216 cm³/mol. The number of thiophene rings is 2. The Balaban J connectivity index is 1.15. The van der Waals surface area contributed by atoms with Gasteiger partial charge in [-0.2, -0.15) is 0 Å². The summed E-state index contributed by atoms with van der Waals surface area (Å²) in [5.41, 5.74) is 6.31. The fourth-order valence-corrected chi connectivity index (χ4v) is 9.84. The van der Waals surface area contributed by atoms with Crippen molar-refractivity contribution in [3.05, 3.63) is 158 Å². The molecule has 0 saturated carbocycles. The van der Waals surface area contributed by atoms with Crippen LogP contribution in [0.2, 0.25) is 0 Å². The van der Waals surface area contributed by atoms with Gasteiger partial charge < -0.3 is 4.57 Å². The van der Waals surface area contributed by atoms with E-state index in [1.807, 2.05) is 0 Å². The summed E-state index contributed by atoms with van der Waals surface area (Å²) < 4.78 is 7.31. The highest BCUT2D eigenvalue weighted by atomic mass is 32.1. The minimum atomic E-state index is 0.644. The van der Waals surface area contributed by atoms with Crippen LogP contribution < -0.4 is 0 Å². The Morgan fingerprint density at radius 1 is 0.373 bits per heavy atom. The van der Waals surface area contributed by atoms with Gasteiger partial charge in [0.2, 0.25) is 0 Å². The van der Waals surface area contributed by atoms with Crippen molar-refractivity contribution in [3.63, 3.8) is 0 Å². The van der Waals surface area contributed by atoms with Gasteiger partial charge in [0, 0.05) is 73.5 Å². The summed E-state index contributed by atoms with van der Waals surface area (Å²) >= 11 is 3.61. The van der Waals surface area contributed by atoms with Crippen molar-refractivity contribution in [2.75, 3.05) is 0 Å². The Bertz CT molecular complexity index is 3110. The van der Waals surface area contributed by atoms with E-state index in [4.69, 9.17) is 15.0 Å². The highest BCUT2D eigenvalue weighted by Crippen LogP contribution is 2.41. The van der Waals surface area contributed by atoms with Crippen LogP contribution in [-0.4, -0.2) is 19.5 Å². The van der Waals surface area contributed by atoms with Crippen molar-refractivity contribution in [3.8, 4) is 39.9 Å². The van der Waals surface area contributed by atoms with Crippen LogP contribution >= 0.6 is 22.7 Å². The summed E-state index contributed by atoms with van der Waals surface area (Å²) in [7, 11) is 0. The lowest BCUT2D eigenvalue weighted by Crippen LogP contribution is -2.01. The Labute approximate surface area is 300 Å². The topological polar surface area (TPSA) is 43.6 Å². The molecule has 0 aliphatic heterocycles. The zero-order chi connectivity index (χ0) is 33.5. The largest absolute Gasteiger partial charge is 0.309 e. The summed E-state index contributed by atoms with van der Waals surface area (Å²) in [5, 5.41) is 7.39. The molecule has 4 heterocycles. The average Bonchev–Trinajstić information content (AvgIpc) is 3.87. The number of para-hydroxylation sites is 2. The summed E-state index contributed by atoms with van der Waals surface area (Å²) in [5.74, 6) is 1.97. The van der Waals surface area contributed by atoms with Gasteiger partial charge in [-0.3, -0.25) is 0 Å². The zero-order valence-electron chi connectivity index (χ0n) is 27.1. The molecule has 6 heteroatoms. The van der Waals surface area contributed by atoms with E-state index in [0.29, 0.717) is 17.5 Å². The quantitative estimate of drug-likeness (QED) is 0.185. The third-order valence-electron chi connectivity index (χ3n) is 9.86. The van der Waals surface area contributed by atoms with Crippen LogP contribution in [0.15, 0.2) is 158 Å². The number of nitrogens with zero attached hydrogens (tertiary/aromatic N) is 4. The fraction of sp³-hybridized carbons (Fsp3) is 0. The second-order valence-corrected chi connectivity index (χ2v) is 15.0. The molecule has 11 aromatic rings. The van der Waals surface area contributed by atoms with Crippen molar-refractivity contribution in [2.24, 2.45) is 0 Å². The first-order valence-electron chi connectivity index (χ1n) is 16.9. The molecule has 4 nitrogen and oxygen atoms in total. The molecule has 0 bridgehead atoms. The average molecular weight is 687 g/mol. The standard InChI is InChI=1S/C45H26N4S2/c1-5-18-36-30(13-1)31-14-2-6-19-37(31)49(36)29-12-9-11-27(25-29)43-46-44(28-23-24-33-32-15-3-7-20-38(32)51-41(33)26-28)48-45(47-43)35-17-10-22-40-42(35)34-16-4-8-21-39(34)50-40/h1-26H. The van der Waals surface area contributed by atoms with Crippen LogP contribution in [0.3, 0.4) is 0 Å². The summed E-state index contributed by atoms with van der Waals surface area (Å²) in [4.78, 5) is 15.7. The lowest BCUT2D eigenvalue weighted by atomic mass is 10.1. The van der Waals surface area contributed by atoms with E-state index in [2.05, 4.69) is 162 Å². The van der Waals surface area contributed by atoms with E-state index in [-0.39, 0.29) is 0 Å². The highest BCUT2D eigenvalue weighted by molar-refractivity contribution is 7.26. The number of rotatable bonds is 4. The summed E-state index contributed by atoms with van der Waals surface area (Å²) in [6.07, 6.45) is 0. The minimum Gasteiger partial charge on any atom is -0.309 e. The maximum Gasteiger partial charge on any atom is 0.164 e. The number of hydrogen-bond acceptors (Lipinski definition) is 5. The Kier molecular flexibility index (Phi) is 6.26. The molecule has 0 N–H and O–H groups in total. The highest BCUT2D eigenvalue weighted by Gasteiger charge is 2.19. The van der Waals surface area contributed by atoms with E-state index in [1.54, 1.807) is 22.7 Å². The fourth-order valence-electron chi connectivity index (χ4n) is 7.57. The van der Waals surface area contributed by atoms with Crippen LogP contribution in [0.5, 0.6) is 0 Å². The van der Waals surface area contributed by atoms with Crippen molar-refractivity contribution >= 4 is 84.8 Å². The molecule has 7 aromatic carbocycles. The second-order valence-electron chi connectivity index (χ2n) is 12.8. The van der Waals surface area contributed by atoms with Crippen molar-refractivity contribution in [2.45, 2.75) is 0 Å². The molecule has 0 spiro atoms. The Morgan fingerprint density at radius 3 is 1.69 bits per heavy atom. The number of benzene rings is 7. The monoisotopic (exact) mass is 686 g/mol. The number of fused-ring (bicyclic) bond motifs is 9. The predicted octanol–water partition coefficient (Wildman–Crippen LogP) is 12.7. The van der Waals surface area contributed by atoms with Gasteiger partial charge in [0.25, 0.3) is 0 Å². The Morgan fingerprint density at radius 2 is 0.922 bits per heavy atom. The first-order valence-corrected chi connectivity index (χ1v) is 18.6. The van der Waals surface area contributed by atoms with Crippen molar-refractivity contribution in [1.82, 2.24) is 19.5 Å². The maximum absolute atomic E-state index is 5.26. The molecular weight excluding hydrogens is 661 g/mol. The molecule has 0 amide bonds. The van der Waals surface area contributed by atoms with Gasteiger partial charge in [-0.05, 0) is 48.5 Å². The van der Waals surface area contributed by atoms with Gasteiger partial charge in [0.15, 0.2) is 17.5 Å². The summed E-state index contributed by atoms with van der Waals surface area (Å²) in [6.45, 7) is 0. The zero-order valence-corrected chi connectivity index (χ0v) is 28.7. The van der Waals surface area contributed by atoms with Gasteiger partial charge in [0.05, 0.1) is 11.0 Å². The number of hydrogen-bond donors (Lipinski definition) is 0. The van der Waals surface area contributed by atoms with Gasteiger partial charge in [-0.25, -0.2) is 15.0 Å². The van der Waals surface area contributed by atoms with Gasteiger partial charge >= 0.3 is 0 Å². The van der Waals surface area contributed by atoms with Crippen LogP contribution in [0.1, 0.15) is 0 Å². The second kappa shape index (κ2) is 11.2. The number of aromatic nitrogens is 4. The SMILES string of the molecule is c1cc(-c2nc(-c3ccc4c(c3)sc3ccccc34)nc(-c3cccc4sc5ccccc5c34)n2)cc(-n2c3ccccc3c3ccccc32)c1. The Hall–Kier alpha value is -6.21. The molecule has 0 atom stereocenters. The molecule has 51 heavy (non-hydrogen) atoms. The van der Waals surface area contributed by atoms with E-state index < -0.39 is 0 Å². The maximum atomic E-state index is 5.26. The third kappa shape index (κ3) is 4.47. The molecule has 11 rings (SSSR count). The smallest absolute Gasteiger partial charge is 0.164 e. The minimum absolute atomic E-state index is 0.644. The first-order chi connectivity index (χ1) is 25.3. The molecular formula is C45H26N4S2. The molecule has 4 aromatic heterocycles. The van der Waals surface area contributed by atoms with E-state index in [1.165, 1.54) is 62.2 Å². The van der Waals surface area contributed by atoms with Gasteiger partial charge in [-0.1, -0.05) is 109 Å². The third-order valence-corrected chi connectivity index (χ3v) is 12.1. The van der Waals surface area contributed by atoms with Crippen LogP contribution in [0.25, 0.3) is 102 Å². The van der Waals surface area contributed by atoms with Crippen LogP contribution in [0, 0.1) is 0 Å². The van der Waals surface area contributed by atoms with E-state index in [0.717, 1.165) is 22.4 Å². The molecule has 0 radical (unpaired) electrons. The molecule has 238 valence electrons. The molecule has 0 saturated heterocycles. The normalized spacial score (nSPS) is 11.9. The van der Waals surface area contributed by atoms with Crippen molar-refractivity contribution in [1.29, 1.82) is 0 Å². The molecule has 0 aliphatic carbocycles. The van der Waals surface area contributed by atoms with Gasteiger partial charge in [-0.15, -0.1) is 22.7 Å². The lowest BCUT2D eigenvalue weighted by molar-refractivity contribution is 1.07. The van der Waals surface area contributed by atoms with Crippen molar-refractivity contribution < 1.29 is 0 Å². The van der Waals surface area contributed by atoms with Crippen LogP contribution in [-0.2, 0) is 0 Å². The molecule has 0 fully saturated rings. The first kappa shape index (κ1) is 28.6. The van der Waals surface area contributed by atoms with E-state index in [9.17, 15) is 0 Å². The van der Waals surface area contributed by atoms with Crippen LogP contribution in [0.4, 0.5) is 0 Å². The van der Waals surface area contributed by atoms with E-state index >= 15 is 0 Å². The summed E-state index contributed by atoms with van der Waals surface area (Å²) in [6, 6.07) is 56.0. The molecule has 0 aliphatic rings. The lowest BCUT2D eigenvalue weighted by Gasteiger charge is -2.12. The van der Waals surface area contributed by atoms with Gasteiger partial charge in [0.1, 0.15) is 0 Å².